The molecule has 2 aromatic heterocycles. The average Bonchev–Trinajstić information content (AvgIpc) is 3.66. The molecule has 0 aliphatic carbocycles. The summed E-state index contributed by atoms with van der Waals surface area (Å²) in [7, 11) is 5.92. The molecule has 5 rings (SSSR count). The summed E-state index contributed by atoms with van der Waals surface area (Å²) in [4.78, 5) is 18.0. The number of aryl methyl sites for hydroxylation is 2. The zero-order chi connectivity index (χ0) is 30.3. The van der Waals surface area contributed by atoms with Crippen molar-refractivity contribution in [1.82, 2.24) is 34.7 Å². The van der Waals surface area contributed by atoms with Crippen molar-refractivity contribution in [3.05, 3.63) is 77.7 Å². The first-order valence-electron chi connectivity index (χ1n) is 14.9. The number of benzene rings is 2. The largest absolute Gasteiger partial charge is 0.492 e. The van der Waals surface area contributed by atoms with Gasteiger partial charge in [-0.25, -0.2) is 0 Å². The fourth-order valence-electron chi connectivity index (χ4n) is 5.13. The number of carbonyl (C=O) groups is 1. The lowest BCUT2D eigenvalue weighted by molar-refractivity contribution is 0.0360. The molecule has 1 aliphatic heterocycles. The van der Waals surface area contributed by atoms with E-state index >= 15 is 0 Å². The molecule has 10 heteroatoms. The zero-order valence-corrected chi connectivity index (χ0v) is 25.9. The summed E-state index contributed by atoms with van der Waals surface area (Å²) in [6, 6.07) is 13.8. The Balaban J connectivity index is 1.35. The van der Waals surface area contributed by atoms with Crippen LogP contribution in [-0.4, -0.2) is 95.4 Å². The molecule has 1 saturated heterocycles. The normalized spacial score (nSPS) is 14.7. The standard InChI is InChI=1S/C33H43N7O3/c1-24-6-7-30(43-17-12-37(3)4)21-31(24)33(41)35-25(2)26-18-27(20-28(19-26)32-8-9-38(5)36-32)29-22-34-40(23-29)11-10-39-13-15-42-16-14-39/h6-9,18-23,25H,10-17H2,1-5H3,(H,35,41)/t25-/m1/s1. The molecule has 4 aromatic rings. The summed E-state index contributed by atoms with van der Waals surface area (Å²) >= 11 is 0. The molecule has 0 saturated carbocycles. The summed E-state index contributed by atoms with van der Waals surface area (Å²) in [5, 5.41) is 12.5. The van der Waals surface area contributed by atoms with Gasteiger partial charge in [-0.2, -0.15) is 10.2 Å². The van der Waals surface area contributed by atoms with Crippen LogP contribution >= 0.6 is 0 Å². The monoisotopic (exact) mass is 585 g/mol. The van der Waals surface area contributed by atoms with Crippen LogP contribution in [0.3, 0.4) is 0 Å². The second-order valence-corrected chi connectivity index (χ2v) is 11.5. The summed E-state index contributed by atoms with van der Waals surface area (Å²) in [6.45, 7) is 10.6. The first-order valence-corrected chi connectivity index (χ1v) is 14.9. The molecule has 43 heavy (non-hydrogen) atoms. The van der Waals surface area contributed by atoms with Crippen molar-refractivity contribution in [2.75, 3.05) is 60.1 Å². The van der Waals surface area contributed by atoms with E-state index in [1.807, 2.05) is 76.3 Å². The summed E-state index contributed by atoms with van der Waals surface area (Å²) in [6.07, 6.45) is 5.94. The Kier molecular flexibility index (Phi) is 9.91. The number of amides is 1. The van der Waals surface area contributed by atoms with Gasteiger partial charge in [0.1, 0.15) is 12.4 Å². The van der Waals surface area contributed by atoms with Gasteiger partial charge in [0, 0.05) is 62.3 Å². The molecular weight excluding hydrogens is 542 g/mol. The first-order chi connectivity index (χ1) is 20.7. The minimum Gasteiger partial charge on any atom is -0.492 e. The topological polar surface area (TPSA) is 89.7 Å². The molecule has 1 N–H and O–H groups in total. The molecule has 1 atom stereocenters. The number of morpholine rings is 1. The average molecular weight is 586 g/mol. The van der Waals surface area contributed by atoms with Crippen molar-refractivity contribution in [2.45, 2.75) is 26.4 Å². The van der Waals surface area contributed by atoms with Gasteiger partial charge in [0.2, 0.25) is 0 Å². The second kappa shape index (κ2) is 14.0. The van der Waals surface area contributed by atoms with E-state index < -0.39 is 0 Å². The van der Waals surface area contributed by atoms with Crippen molar-refractivity contribution in [1.29, 1.82) is 0 Å². The summed E-state index contributed by atoms with van der Waals surface area (Å²) in [5.41, 5.74) is 6.42. The Morgan fingerprint density at radius 2 is 1.86 bits per heavy atom. The summed E-state index contributed by atoms with van der Waals surface area (Å²) < 4.78 is 15.2. The molecule has 0 spiro atoms. The Bertz CT molecular complexity index is 1520. The molecule has 0 radical (unpaired) electrons. The van der Waals surface area contributed by atoms with E-state index in [1.54, 1.807) is 4.68 Å². The molecule has 1 amide bonds. The lowest BCUT2D eigenvalue weighted by atomic mass is 9.96. The molecule has 2 aromatic carbocycles. The van der Waals surface area contributed by atoms with Gasteiger partial charge in [0.15, 0.2) is 0 Å². The van der Waals surface area contributed by atoms with Crippen LogP contribution in [0.15, 0.2) is 61.1 Å². The molecule has 3 heterocycles. The van der Waals surface area contributed by atoms with Crippen molar-refractivity contribution < 1.29 is 14.3 Å². The van der Waals surface area contributed by atoms with E-state index in [9.17, 15) is 4.79 Å². The number of hydrogen-bond acceptors (Lipinski definition) is 7. The molecule has 228 valence electrons. The number of hydrogen-bond donors (Lipinski definition) is 1. The number of nitrogens with zero attached hydrogens (tertiary/aromatic N) is 6. The summed E-state index contributed by atoms with van der Waals surface area (Å²) in [5.74, 6) is 0.555. The van der Waals surface area contributed by atoms with Crippen LogP contribution in [0.1, 0.15) is 34.5 Å². The van der Waals surface area contributed by atoms with E-state index in [-0.39, 0.29) is 11.9 Å². The fraction of sp³-hybridized carbons (Fsp3) is 0.424. The van der Waals surface area contributed by atoms with Gasteiger partial charge in [-0.05, 0) is 81.0 Å². The van der Waals surface area contributed by atoms with E-state index in [2.05, 4.69) is 49.7 Å². The number of aromatic nitrogens is 4. The number of carbonyl (C=O) groups excluding carboxylic acids is 1. The number of rotatable bonds is 12. The van der Waals surface area contributed by atoms with Crippen LogP contribution in [0.5, 0.6) is 5.75 Å². The van der Waals surface area contributed by atoms with Gasteiger partial charge in [0.25, 0.3) is 5.91 Å². The second-order valence-electron chi connectivity index (χ2n) is 11.5. The Morgan fingerprint density at radius 1 is 1.07 bits per heavy atom. The minimum absolute atomic E-state index is 0.135. The molecule has 0 bridgehead atoms. The van der Waals surface area contributed by atoms with Crippen LogP contribution < -0.4 is 10.1 Å². The van der Waals surface area contributed by atoms with E-state index in [4.69, 9.17) is 9.47 Å². The maximum absolute atomic E-state index is 13.5. The predicted molar refractivity (Wildman–Crippen MR) is 168 cm³/mol. The smallest absolute Gasteiger partial charge is 0.252 e. The van der Waals surface area contributed by atoms with Crippen LogP contribution in [0.4, 0.5) is 0 Å². The third kappa shape index (κ3) is 8.10. The van der Waals surface area contributed by atoms with E-state index in [0.29, 0.717) is 17.9 Å². The molecule has 1 fully saturated rings. The Hall–Kier alpha value is -3.99. The Morgan fingerprint density at radius 3 is 2.60 bits per heavy atom. The predicted octanol–water partition coefficient (Wildman–Crippen LogP) is 4.02. The SMILES string of the molecule is Cc1ccc(OCCN(C)C)cc1C(=O)N[C@H](C)c1cc(-c2cnn(CCN3CCOCC3)c2)cc(-c2ccn(C)n2)c1. The van der Waals surface area contributed by atoms with Crippen molar-refractivity contribution in [3.63, 3.8) is 0 Å². The van der Waals surface area contributed by atoms with Gasteiger partial charge in [-0.15, -0.1) is 0 Å². The molecular formula is C33H43N7O3. The number of likely N-dealkylation sites (N-methyl/N-ethyl adjacent to an activating group) is 1. The van der Waals surface area contributed by atoms with Crippen LogP contribution in [0.2, 0.25) is 0 Å². The minimum atomic E-state index is -0.246. The van der Waals surface area contributed by atoms with Gasteiger partial charge >= 0.3 is 0 Å². The maximum atomic E-state index is 13.5. The fourth-order valence-corrected chi connectivity index (χ4v) is 5.13. The zero-order valence-electron chi connectivity index (χ0n) is 25.9. The quantitative estimate of drug-likeness (QED) is 0.269. The molecule has 1 aliphatic rings. The van der Waals surface area contributed by atoms with E-state index in [0.717, 1.165) is 79.4 Å². The van der Waals surface area contributed by atoms with Crippen LogP contribution in [0.25, 0.3) is 22.4 Å². The van der Waals surface area contributed by atoms with Gasteiger partial charge in [-0.3, -0.25) is 19.1 Å². The highest BCUT2D eigenvalue weighted by molar-refractivity contribution is 5.96. The van der Waals surface area contributed by atoms with Crippen molar-refractivity contribution in [2.24, 2.45) is 7.05 Å². The van der Waals surface area contributed by atoms with Gasteiger partial charge in [0.05, 0.1) is 37.7 Å². The number of nitrogens with one attached hydrogen (secondary N) is 1. The lowest BCUT2D eigenvalue weighted by Gasteiger charge is -2.26. The third-order valence-electron chi connectivity index (χ3n) is 7.79. The van der Waals surface area contributed by atoms with Crippen molar-refractivity contribution >= 4 is 5.91 Å². The molecule has 10 nitrogen and oxygen atoms in total. The molecule has 0 unspecified atom stereocenters. The first kappa shape index (κ1) is 30.5. The highest BCUT2D eigenvalue weighted by atomic mass is 16.5. The number of ether oxygens (including phenoxy) is 2. The highest BCUT2D eigenvalue weighted by Gasteiger charge is 2.18. The van der Waals surface area contributed by atoms with Crippen LogP contribution in [-0.2, 0) is 18.3 Å². The van der Waals surface area contributed by atoms with Crippen LogP contribution in [0, 0.1) is 6.92 Å². The third-order valence-corrected chi connectivity index (χ3v) is 7.79. The Labute approximate surface area is 254 Å². The van der Waals surface area contributed by atoms with E-state index in [1.165, 1.54) is 0 Å². The highest BCUT2D eigenvalue weighted by Crippen LogP contribution is 2.30. The maximum Gasteiger partial charge on any atom is 0.252 e. The van der Waals surface area contributed by atoms with Crippen molar-refractivity contribution in [3.8, 4) is 28.1 Å². The van der Waals surface area contributed by atoms with Gasteiger partial charge < -0.3 is 19.7 Å². The lowest BCUT2D eigenvalue weighted by Crippen LogP contribution is -2.38. The van der Waals surface area contributed by atoms with Gasteiger partial charge in [-0.1, -0.05) is 6.07 Å².